The van der Waals surface area contributed by atoms with E-state index in [2.05, 4.69) is 22.1 Å². The Labute approximate surface area is 101 Å². The molecule has 0 amide bonds. The van der Waals surface area contributed by atoms with Crippen molar-refractivity contribution in [3.05, 3.63) is 36.2 Å². The minimum absolute atomic E-state index is 0.0417. The summed E-state index contributed by atoms with van der Waals surface area (Å²) in [5.74, 6) is 1.49. The lowest BCUT2D eigenvalue weighted by atomic mass is 10.1. The summed E-state index contributed by atoms with van der Waals surface area (Å²) in [4.78, 5) is 4.44. The van der Waals surface area contributed by atoms with Crippen molar-refractivity contribution in [2.75, 3.05) is 0 Å². The molecule has 4 heteroatoms. The highest BCUT2D eigenvalue weighted by Crippen LogP contribution is 2.17. The summed E-state index contributed by atoms with van der Waals surface area (Å²) in [5.41, 5.74) is 7.05. The second kappa shape index (κ2) is 5.59. The number of hydrogen-bond donors (Lipinski definition) is 2. The zero-order valence-corrected chi connectivity index (χ0v) is 10.1. The van der Waals surface area contributed by atoms with E-state index in [1.165, 1.54) is 0 Å². The molecule has 1 aromatic heterocycles. The average Bonchev–Trinajstić information content (AvgIpc) is 2.86. The van der Waals surface area contributed by atoms with Gasteiger partial charge in [-0.1, -0.05) is 50.1 Å². The Hall–Kier alpha value is -1.68. The summed E-state index contributed by atoms with van der Waals surface area (Å²) in [7, 11) is 0. The molecule has 1 unspecified atom stereocenters. The predicted octanol–water partition coefficient (Wildman–Crippen LogP) is 2.66. The van der Waals surface area contributed by atoms with E-state index in [1.807, 2.05) is 30.3 Å². The number of nitrogens with zero attached hydrogens (tertiary/aromatic N) is 2. The van der Waals surface area contributed by atoms with E-state index in [0.29, 0.717) is 5.82 Å². The Morgan fingerprint density at radius 3 is 2.76 bits per heavy atom. The maximum absolute atomic E-state index is 6.04. The number of hydrogen-bond acceptors (Lipinski definition) is 3. The van der Waals surface area contributed by atoms with Crippen LogP contribution in [0.2, 0.25) is 0 Å². The second-order valence-corrected chi connectivity index (χ2v) is 4.16. The SMILES string of the molecule is CCCCC(N)c1nc(-c2ccccc2)n[nH]1. The molecule has 3 N–H and O–H groups in total. The molecule has 0 saturated carbocycles. The largest absolute Gasteiger partial charge is 0.321 e. The van der Waals surface area contributed by atoms with Gasteiger partial charge in [-0.2, -0.15) is 5.10 Å². The molecule has 0 spiro atoms. The van der Waals surface area contributed by atoms with Crippen LogP contribution < -0.4 is 5.73 Å². The predicted molar refractivity (Wildman–Crippen MR) is 68.3 cm³/mol. The third-order valence-corrected chi connectivity index (χ3v) is 2.75. The Morgan fingerprint density at radius 1 is 1.29 bits per heavy atom. The first-order valence-corrected chi connectivity index (χ1v) is 6.04. The molecule has 0 aliphatic rings. The van der Waals surface area contributed by atoms with Gasteiger partial charge in [-0.15, -0.1) is 0 Å². The van der Waals surface area contributed by atoms with Crippen molar-refractivity contribution in [2.45, 2.75) is 32.2 Å². The molecule has 17 heavy (non-hydrogen) atoms. The van der Waals surface area contributed by atoms with Crippen LogP contribution >= 0.6 is 0 Å². The maximum Gasteiger partial charge on any atom is 0.181 e. The summed E-state index contributed by atoms with van der Waals surface area (Å²) in [6.07, 6.45) is 3.20. The van der Waals surface area contributed by atoms with E-state index >= 15 is 0 Å². The van der Waals surface area contributed by atoms with E-state index in [-0.39, 0.29) is 6.04 Å². The van der Waals surface area contributed by atoms with Crippen LogP contribution in [0.25, 0.3) is 11.4 Å². The molecule has 1 atom stereocenters. The lowest BCUT2D eigenvalue weighted by Crippen LogP contribution is -2.11. The molecule has 0 saturated heterocycles. The Morgan fingerprint density at radius 2 is 2.06 bits per heavy atom. The van der Waals surface area contributed by atoms with Crippen molar-refractivity contribution in [3.8, 4) is 11.4 Å². The monoisotopic (exact) mass is 230 g/mol. The summed E-state index contributed by atoms with van der Waals surface area (Å²) >= 11 is 0. The molecule has 0 bridgehead atoms. The molecule has 0 aliphatic carbocycles. The maximum atomic E-state index is 6.04. The van der Waals surface area contributed by atoms with E-state index in [9.17, 15) is 0 Å². The van der Waals surface area contributed by atoms with E-state index < -0.39 is 0 Å². The van der Waals surface area contributed by atoms with Gasteiger partial charge >= 0.3 is 0 Å². The van der Waals surface area contributed by atoms with E-state index in [0.717, 1.165) is 30.7 Å². The van der Waals surface area contributed by atoms with Crippen molar-refractivity contribution in [2.24, 2.45) is 5.73 Å². The van der Waals surface area contributed by atoms with E-state index in [1.54, 1.807) is 0 Å². The highest BCUT2D eigenvalue weighted by Gasteiger charge is 2.11. The molecule has 1 heterocycles. The topological polar surface area (TPSA) is 67.6 Å². The Bertz CT molecular complexity index is 449. The average molecular weight is 230 g/mol. The summed E-state index contributed by atoms with van der Waals surface area (Å²) in [6, 6.07) is 9.86. The zero-order valence-electron chi connectivity index (χ0n) is 10.1. The minimum Gasteiger partial charge on any atom is -0.321 e. The number of rotatable bonds is 5. The van der Waals surface area contributed by atoms with E-state index in [4.69, 9.17) is 5.73 Å². The van der Waals surface area contributed by atoms with Crippen molar-refractivity contribution in [1.82, 2.24) is 15.2 Å². The fraction of sp³-hybridized carbons (Fsp3) is 0.385. The molecule has 4 nitrogen and oxygen atoms in total. The smallest absolute Gasteiger partial charge is 0.181 e. The van der Waals surface area contributed by atoms with Gasteiger partial charge in [-0.3, -0.25) is 5.10 Å². The quantitative estimate of drug-likeness (QED) is 0.829. The number of nitrogens with two attached hydrogens (primary N) is 1. The molecule has 90 valence electrons. The fourth-order valence-electron chi connectivity index (χ4n) is 1.72. The fourth-order valence-corrected chi connectivity index (χ4v) is 1.72. The normalized spacial score (nSPS) is 12.6. The first kappa shape index (κ1) is 11.8. The number of nitrogens with one attached hydrogen (secondary N) is 1. The van der Waals surface area contributed by atoms with Crippen molar-refractivity contribution in [3.63, 3.8) is 0 Å². The van der Waals surface area contributed by atoms with Gasteiger partial charge in [0, 0.05) is 5.56 Å². The molecular formula is C13H18N4. The zero-order chi connectivity index (χ0) is 12.1. The van der Waals surface area contributed by atoms with Crippen molar-refractivity contribution in [1.29, 1.82) is 0 Å². The highest BCUT2D eigenvalue weighted by molar-refractivity contribution is 5.53. The Balaban J connectivity index is 2.11. The van der Waals surface area contributed by atoms with Gasteiger partial charge in [0.2, 0.25) is 0 Å². The van der Waals surface area contributed by atoms with Crippen LogP contribution in [0.5, 0.6) is 0 Å². The molecule has 2 rings (SSSR count). The number of aromatic nitrogens is 3. The van der Waals surface area contributed by atoms with Gasteiger partial charge in [0.1, 0.15) is 5.82 Å². The number of unbranched alkanes of at least 4 members (excludes halogenated alkanes) is 1. The molecular weight excluding hydrogens is 212 g/mol. The van der Waals surface area contributed by atoms with Crippen molar-refractivity contribution < 1.29 is 0 Å². The molecule has 2 aromatic rings. The van der Waals surface area contributed by atoms with Crippen LogP contribution in [-0.2, 0) is 0 Å². The van der Waals surface area contributed by atoms with Crippen LogP contribution in [-0.4, -0.2) is 15.2 Å². The summed E-state index contributed by atoms with van der Waals surface area (Å²) in [6.45, 7) is 2.16. The van der Waals surface area contributed by atoms with Crippen molar-refractivity contribution >= 4 is 0 Å². The third kappa shape index (κ3) is 2.91. The first-order valence-electron chi connectivity index (χ1n) is 6.04. The van der Waals surface area contributed by atoms with Gasteiger partial charge in [-0.25, -0.2) is 4.98 Å². The summed E-state index contributed by atoms with van der Waals surface area (Å²) < 4.78 is 0. The minimum atomic E-state index is -0.0417. The molecule has 0 radical (unpaired) electrons. The second-order valence-electron chi connectivity index (χ2n) is 4.16. The summed E-state index contributed by atoms with van der Waals surface area (Å²) in [5, 5.41) is 7.13. The molecule has 0 fully saturated rings. The van der Waals surface area contributed by atoms with Crippen LogP contribution in [0, 0.1) is 0 Å². The number of benzene rings is 1. The van der Waals surface area contributed by atoms with Gasteiger partial charge in [0.25, 0.3) is 0 Å². The number of aromatic amines is 1. The van der Waals surface area contributed by atoms with Crippen LogP contribution in [0.4, 0.5) is 0 Å². The third-order valence-electron chi connectivity index (χ3n) is 2.75. The van der Waals surface area contributed by atoms with Gasteiger partial charge in [0.05, 0.1) is 6.04 Å². The number of H-pyrrole nitrogens is 1. The van der Waals surface area contributed by atoms with Crippen LogP contribution in [0.1, 0.15) is 38.1 Å². The van der Waals surface area contributed by atoms with Gasteiger partial charge in [-0.05, 0) is 6.42 Å². The first-order chi connectivity index (χ1) is 8.31. The van der Waals surface area contributed by atoms with Gasteiger partial charge < -0.3 is 5.73 Å². The van der Waals surface area contributed by atoms with Gasteiger partial charge in [0.15, 0.2) is 5.82 Å². The molecule has 0 aliphatic heterocycles. The standard InChI is InChI=1S/C13H18N4/c1-2-3-9-11(14)13-15-12(16-17-13)10-7-5-4-6-8-10/h4-8,11H,2-3,9,14H2,1H3,(H,15,16,17). The van der Waals surface area contributed by atoms with Crippen LogP contribution in [0.3, 0.4) is 0 Å². The lowest BCUT2D eigenvalue weighted by molar-refractivity contribution is 0.577. The highest BCUT2D eigenvalue weighted by atomic mass is 15.2. The molecule has 1 aromatic carbocycles. The Kier molecular flexibility index (Phi) is 3.88. The lowest BCUT2D eigenvalue weighted by Gasteiger charge is -2.05. The van der Waals surface area contributed by atoms with Crippen LogP contribution in [0.15, 0.2) is 30.3 Å².